The summed E-state index contributed by atoms with van der Waals surface area (Å²) in [4.78, 5) is 40.3. The van der Waals surface area contributed by atoms with E-state index < -0.39 is 23.8 Å². The molecule has 4 rings (SSSR count). The number of carbonyl (C=O) groups is 3. The van der Waals surface area contributed by atoms with E-state index in [1.165, 1.54) is 18.4 Å². The van der Waals surface area contributed by atoms with Gasteiger partial charge in [-0.05, 0) is 48.4 Å². The molecule has 1 N–H and O–H groups in total. The molecular formula is C26H27NO6S. The number of carbonyl (C=O) groups excluding carboxylic acids is 3. The number of methoxy groups -OCH3 is 2. The standard InChI is InChI=1S/C26H27NO6S/c1-14-12-18-22(24(28)20(14)25(29)32-4)23(19-6-5-11-34-19)21(15(2)27-18)26(30)33-13-16-7-9-17(31-3)10-8-16/h5-11,14,20,23,27H,12-13H2,1-4H3/t14-,20+,23-/m1/s1. The fourth-order valence-electron chi connectivity index (χ4n) is 4.64. The smallest absolute Gasteiger partial charge is 0.337 e. The van der Waals surface area contributed by atoms with E-state index >= 15 is 0 Å². The summed E-state index contributed by atoms with van der Waals surface area (Å²) in [6.07, 6.45) is 0.508. The van der Waals surface area contributed by atoms with Gasteiger partial charge in [0.25, 0.3) is 0 Å². The summed E-state index contributed by atoms with van der Waals surface area (Å²) >= 11 is 1.46. The first-order chi connectivity index (χ1) is 16.3. The number of rotatable bonds is 6. The van der Waals surface area contributed by atoms with Crippen LogP contribution in [0.15, 0.2) is 64.3 Å². The molecule has 178 valence electrons. The molecule has 0 saturated carbocycles. The van der Waals surface area contributed by atoms with Crippen molar-refractivity contribution in [3.8, 4) is 5.75 Å². The van der Waals surface area contributed by atoms with Crippen LogP contribution in [0, 0.1) is 11.8 Å². The maximum Gasteiger partial charge on any atom is 0.337 e. The second-order valence-electron chi connectivity index (χ2n) is 8.48. The highest BCUT2D eigenvalue weighted by Gasteiger charge is 2.47. The molecule has 0 amide bonds. The van der Waals surface area contributed by atoms with Crippen molar-refractivity contribution < 1.29 is 28.6 Å². The average molecular weight is 482 g/mol. The Kier molecular flexibility index (Phi) is 6.88. The zero-order chi connectivity index (χ0) is 24.4. The molecule has 1 aliphatic heterocycles. The number of benzene rings is 1. The predicted molar refractivity (Wildman–Crippen MR) is 127 cm³/mol. The molecule has 8 heteroatoms. The number of ether oxygens (including phenoxy) is 3. The minimum Gasteiger partial charge on any atom is -0.497 e. The number of ketones is 1. The van der Waals surface area contributed by atoms with Gasteiger partial charge < -0.3 is 19.5 Å². The van der Waals surface area contributed by atoms with Gasteiger partial charge in [0.2, 0.25) is 0 Å². The molecule has 0 saturated heterocycles. The summed E-state index contributed by atoms with van der Waals surface area (Å²) in [6, 6.07) is 11.0. The second-order valence-corrected chi connectivity index (χ2v) is 9.45. The molecule has 1 aromatic heterocycles. The number of allylic oxidation sites excluding steroid dienone is 3. The second kappa shape index (κ2) is 9.85. The zero-order valence-electron chi connectivity index (χ0n) is 19.5. The number of esters is 2. The van der Waals surface area contributed by atoms with E-state index in [-0.39, 0.29) is 18.3 Å². The van der Waals surface area contributed by atoms with Crippen LogP contribution in [-0.4, -0.2) is 31.9 Å². The van der Waals surface area contributed by atoms with Gasteiger partial charge in [-0.2, -0.15) is 0 Å². The Balaban J connectivity index is 1.67. The van der Waals surface area contributed by atoms with Gasteiger partial charge in [-0.1, -0.05) is 25.1 Å². The summed E-state index contributed by atoms with van der Waals surface area (Å²) < 4.78 is 15.8. The number of hydrogen-bond acceptors (Lipinski definition) is 8. The van der Waals surface area contributed by atoms with Crippen LogP contribution < -0.4 is 10.1 Å². The van der Waals surface area contributed by atoms with Crippen molar-refractivity contribution >= 4 is 29.1 Å². The highest BCUT2D eigenvalue weighted by molar-refractivity contribution is 7.10. The summed E-state index contributed by atoms with van der Waals surface area (Å²) in [5.41, 5.74) is 3.03. The first-order valence-corrected chi connectivity index (χ1v) is 11.9. The Morgan fingerprint density at radius 2 is 1.88 bits per heavy atom. The van der Waals surface area contributed by atoms with E-state index in [0.29, 0.717) is 29.0 Å². The van der Waals surface area contributed by atoms with Crippen molar-refractivity contribution in [1.29, 1.82) is 0 Å². The van der Waals surface area contributed by atoms with E-state index in [9.17, 15) is 14.4 Å². The van der Waals surface area contributed by atoms with Crippen molar-refractivity contribution in [1.82, 2.24) is 5.32 Å². The summed E-state index contributed by atoms with van der Waals surface area (Å²) in [7, 11) is 2.88. The van der Waals surface area contributed by atoms with Crippen molar-refractivity contribution in [3.05, 3.63) is 74.8 Å². The molecule has 3 atom stereocenters. The van der Waals surface area contributed by atoms with Crippen LogP contribution in [0.2, 0.25) is 0 Å². The van der Waals surface area contributed by atoms with Gasteiger partial charge in [0.1, 0.15) is 18.3 Å². The number of hydrogen-bond donors (Lipinski definition) is 1. The van der Waals surface area contributed by atoms with Gasteiger partial charge in [-0.15, -0.1) is 11.3 Å². The Labute approximate surface area is 202 Å². The Morgan fingerprint density at radius 1 is 1.15 bits per heavy atom. The van der Waals surface area contributed by atoms with Crippen LogP contribution in [0.5, 0.6) is 5.75 Å². The number of Topliss-reactive ketones (excluding diaryl/α,β-unsaturated/α-hetero) is 1. The van der Waals surface area contributed by atoms with Crippen molar-refractivity contribution in [3.63, 3.8) is 0 Å². The lowest BCUT2D eigenvalue weighted by atomic mass is 9.70. The molecule has 1 aromatic carbocycles. The maximum atomic E-state index is 13.6. The largest absolute Gasteiger partial charge is 0.497 e. The van der Waals surface area contributed by atoms with Crippen LogP contribution in [0.25, 0.3) is 0 Å². The number of thiophene rings is 1. The van der Waals surface area contributed by atoms with Crippen LogP contribution in [-0.2, 0) is 30.5 Å². The fourth-order valence-corrected chi connectivity index (χ4v) is 5.48. The minimum absolute atomic E-state index is 0.0818. The molecule has 0 unspecified atom stereocenters. The Hall–Kier alpha value is -3.39. The van der Waals surface area contributed by atoms with Gasteiger partial charge in [0, 0.05) is 21.8 Å². The van der Waals surface area contributed by atoms with Crippen LogP contribution in [0.3, 0.4) is 0 Å². The molecule has 2 aromatic rings. The molecule has 1 aliphatic carbocycles. The molecule has 7 nitrogen and oxygen atoms in total. The number of nitrogens with one attached hydrogen (secondary N) is 1. The fraction of sp³-hybridized carbons (Fsp3) is 0.346. The van der Waals surface area contributed by atoms with E-state index in [2.05, 4.69) is 5.32 Å². The Morgan fingerprint density at radius 3 is 2.50 bits per heavy atom. The first-order valence-electron chi connectivity index (χ1n) is 11.0. The zero-order valence-corrected chi connectivity index (χ0v) is 20.4. The van der Waals surface area contributed by atoms with Crippen molar-refractivity contribution in [2.24, 2.45) is 11.8 Å². The first kappa shape index (κ1) is 23.8. The van der Waals surface area contributed by atoms with Gasteiger partial charge >= 0.3 is 11.9 Å². The molecular weight excluding hydrogens is 454 g/mol. The number of dihydropyridines is 1. The SMILES string of the molecule is COC(=O)[C@@H]1C(=O)C2=C(C[C@H]1C)NC(C)=C(C(=O)OCc1ccc(OC)cc1)[C@H]2c1cccs1. The third kappa shape index (κ3) is 4.37. The van der Waals surface area contributed by atoms with Gasteiger partial charge in [0.05, 0.1) is 25.7 Å². The topological polar surface area (TPSA) is 90.9 Å². The van der Waals surface area contributed by atoms with Crippen LogP contribution in [0.1, 0.15) is 36.6 Å². The van der Waals surface area contributed by atoms with Crippen LogP contribution >= 0.6 is 11.3 Å². The molecule has 0 spiro atoms. The molecule has 0 radical (unpaired) electrons. The third-order valence-corrected chi connectivity index (χ3v) is 7.26. The molecule has 2 aliphatic rings. The quantitative estimate of drug-likeness (QED) is 0.490. The Bertz CT molecular complexity index is 1160. The molecule has 0 fully saturated rings. The van der Waals surface area contributed by atoms with Crippen molar-refractivity contribution in [2.75, 3.05) is 14.2 Å². The summed E-state index contributed by atoms with van der Waals surface area (Å²) in [5.74, 6) is -2.37. The molecule has 0 bridgehead atoms. The third-order valence-electron chi connectivity index (χ3n) is 6.32. The molecule has 2 heterocycles. The lowest BCUT2D eigenvalue weighted by Crippen LogP contribution is -2.43. The lowest BCUT2D eigenvalue weighted by Gasteiger charge is -2.37. The van der Waals surface area contributed by atoms with E-state index in [1.54, 1.807) is 19.2 Å². The highest BCUT2D eigenvalue weighted by Crippen LogP contribution is 2.46. The minimum atomic E-state index is -0.900. The highest BCUT2D eigenvalue weighted by atomic mass is 32.1. The molecule has 34 heavy (non-hydrogen) atoms. The normalized spacial score (nSPS) is 22.1. The van der Waals surface area contributed by atoms with Gasteiger partial charge in [-0.3, -0.25) is 9.59 Å². The average Bonchev–Trinajstić information content (AvgIpc) is 3.36. The monoisotopic (exact) mass is 481 g/mol. The van der Waals surface area contributed by atoms with E-state index in [4.69, 9.17) is 14.2 Å². The predicted octanol–water partition coefficient (Wildman–Crippen LogP) is 4.11. The lowest BCUT2D eigenvalue weighted by molar-refractivity contribution is -0.151. The van der Waals surface area contributed by atoms with E-state index in [0.717, 1.165) is 16.1 Å². The summed E-state index contributed by atoms with van der Waals surface area (Å²) in [6.45, 7) is 3.76. The van der Waals surface area contributed by atoms with Crippen LogP contribution in [0.4, 0.5) is 0 Å². The van der Waals surface area contributed by atoms with E-state index in [1.807, 2.05) is 43.5 Å². The van der Waals surface area contributed by atoms with Crippen molar-refractivity contribution in [2.45, 2.75) is 32.8 Å². The summed E-state index contributed by atoms with van der Waals surface area (Å²) in [5, 5.41) is 5.17. The maximum absolute atomic E-state index is 13.6. The van der Waals surface area contributed by atoms with Gasteiger partial charge in [0.15, 0.2) is 5.78 Å². The van der Waals surface area contributed by atoms with Gasteiger partial charge in [-0.25, -0.2) is 4.79 Å².